The summed E-state index contributed by atoms with van der Waals surface area (Å²) in [6, 6.07) is 0. The van der Waals surface area contributed by atoms with E-state index < -0.39 is 6.10 Å². The van der Waals surface area contributed by atoms with Crippen molar-refractivity contribution in [3.05, 3.63) is 18.7 Å². The second-order valence-corrected chi connectivity index (χ2v) is 17.7. The number of aliphatic hydroxyl groups excluding tert-OH is 1. The number of aryl methyl sites for hydroxylation is 1. The molecule has 8 heteroatoms. The van der Waals surface area contributed by atoms with Crippen LogP contribution in [0.4, 0.5) is 0 Å². The second kappa shape index (κ2) is 40.5. The van der Waals surface area contributed by atoms with E-state index in [0.29, 0.717) is 44.4 Å². The Bertz CT molecular complexity index is 1020. The molecule has 0 aliphatic carbocycles. The molecule has 0 aromatic carbocycles. The number of carbonyl (C=O) groups is 2. The summed E-state index contributed by atoms with van der Waals surface area (Å²) in [4.78, 5) is 31.7. The number of carbonyl (C=O) groups excluding carboxylic acids is 2. The molecule has 1 heterocycles. The number of imidazole rings is 1. The normalized spacial score (nSPS) is 13.2. The van der Waals surface area contributed by atoms with Gasteiger partial charge < -0.3 is 24.0 Å². The molecule has 0 saturated heterocycles. The van der Waals surface area contributed by atoms with Gasteiger partial charge in [-0.3, -0.25) is 9.59 Å². The van der Waals surface area contributed by atoms with Gasteiger partial charge in [0.05, 0.1) is 25.6 Å². The van der Waals surface area contributed by atoms with Crippen LogP contribution < -0.4 is 0 Å². The van der Waals surface area contributed by atoms with Crippen molar-refractivity contribution in [3.63, 3.8) is 0 Å². The maximum atomic E-state index is 12.6. The maximum absolute atomic E-state index is 12.6. The Hall–Kier alpha value is -1.93. The first-order chi connectivity index (χ1) is 28.4. The average Bonchev–Trinajstić information content (AvgIpc) is 3.74. The topological polar surface area (TPSA) is 93.9 Å². The fourth-order valence-corrected chi connectivity index (χ4v) is 8.32. The maximum Gasteiger partial charge on any atom is 0.305 e. The summed E-state index contributed by atoms with van der Waals surface area (Å²) in [6.07, 6.45) is 41.5. The van der Waals surface area contributed by atoms with Crippen molar-refractivity contribution in [1.29, 1.82) is 0 Å². The number of unbranched alkanes of at least 4 members (excludes halogenated alkanes) is 16. The lowest BCUT2D eigenvalue weighted by atomic mass is 9.90. The van der Waals surface area contributed by atoms with Crippen LogP contribution in [0.5, 0.6) is 0 Å². The van der Waals surface area contributed by atoms with E-state index in [4.69, 9.17) is 9.47 Å². The number of hydrogen-bond acceptors (Lipinski definition) is 7. The lowest BCUT2D eigenvalue weighted by molar-refractivity contribution is -0.145. The van der Waals surface area contributed by atoms with E-state index in [1.54, 1.807) is 0 Å². The Morgan fingerprint density at radius 1 is 0.552 bits per heavy atom. The number of rotatable bonds is 44. The predicted molar refractivity (Wildman–Crippen MR) is 244 cm³/mol. The zero-order chi connectivity index (χ0) is 42.2. The summed E-state index contributed by atoms with van der Waals surface area (Å²) >= 11 is 0. The fourth-order valence-electron chi connectivity index (χ4n) is 8.32. The SMILES string of the molecule is CCCCCCCC(CCCCC)CCC(=O)OCCCCCCN(CCCn1ccnc1)CC(O)CCCCOC(=O)CCC(CCCCC)CCCCCCC. The molecule has 1 aromatic heterocycles. The van der Waals surface area contributed by atoms with Gasteiger partial charge >= 0.3 is 11.9 Å². The zero-order valence-electron chi connectivity index (χ0n) is 38.8. The molecule has 58 heavy (non-hydrogen) atoms. The molecule has 0 fully saturated rings. The first-order valence-electron chi connectivity index (χ1n) is 25.1. The van der Waals surface area contributed by atoms with Gasteiger partial charge in [-0.25, -0.2) is 4.98 Å². The molecule has 1 N–H and O–H groups in total. The van der Waals surface area contributed by atoms with Crippen molar-refractivity contribution in [1.82, 2.24) is 14.5 Å². The number of aliphatic hydroxyl groups is 1. The standard InChI is InChI=1S/C50H95N3O5/c1-5-9-13-15-21-30-46(28-19-11-7-3)33-35-49(55)57-42-25-18-17-24-38-52(39-27-40-53-41-37-51-45-53)44-48(54)32-23-26-43-58-50(56)36-34-47(29-20-12-8-4)31-22-16-14-10-6-2/h37,41,45-48,54H,5-36,38-40,42-44H2,1-4H3. The number of esters is 2. The van der Waals surface area contributed by atoms with Crippen molar-refractivity contribution in [2.45, 2.75) is 246 Å². The smallest absolute Gasteiger partial charge is 0.305 e. The highest BCUT2D eigenvalue weighted by molar-refractivity contribution is 5.69. The molecule has 0 spiro atoms. The summed E-state index contributed by atoms with van der Waals surface area (Å²) in [6.45, 7) is 13.5. The van der Waals surface area contributed by atoms with Crippen LogP contribution >= 0.6 is 0 Å². The molecule has 1 rings (SSSR count). The molecule has 1 aromatic rings. The molecule has 340 valence electrons. The Morgan fingerprint density at radius 2 is 0.983 bits per heavy atom. The van der Waals surface area contributed by atoms with Crippen LogP contribution in [0.3, 0.4) is 0 Å². The quantitative estimate of drug-likeness (QED) is 0.0518. The van der Waals surface area contributed by atoms with E-state index in [1.165, 1.54) is 128 Å². The van der Waals surface area contributed by atoms with E-state index in [0.717, 1.165) is 83.8 Å². The van der Waals surface area contributed by atoms with Gasteiger partial charge in [0.1, 0.15) is 0 Å². The largest absolute Gasteiger partial charge is 0.466 e. The molecule has 8 nitrogen and oxygen atoms in total. The van der Waals surface area contributed by atoms with Crippen LogP contribution in [0.2, 0.25) is 0 Å². The summed E-state index contributed by atoms with van der Waals surface area (Å²) in [5.41, 5.74) is 0. The van der Waals surface area contributed by atoms with Gasteiger partial charge in [-0.1, -0.05) is 169 Å². The average molecular weight is 818 g/mol. The van der Waals surface area contributed by atoms with Gasteiger partial charge in [-0.2, -0.15) is 0 Å². The molecule has 0 aliphatic heterocycles. The third-order valence-electron chi connectivity index (χ3n) is 12.1. The van der Waals surface area contributed by atoms with Gasteiger partial charge in [0.25, 0.3) is 0 Å². The van der Waals surface area contributed by atoms with Gasteiger partial charge in [0.15, 0.2) is 0 Å². The van der Waals surface area contributed by atoms with Crippen LogP contribution in [0, 0.1) is 11.8 Å². The minimum absolute atomic E-state index is 0.0206. The van der Waals surface area contributed by atoms with Crippen LogP contribution in [0.25, 0.3) is 0 Å². The number of nitrogens with zero attached hydrogens (tertiary/aromatic N) is 3. The van der Waals surface area contributed by atoms with Crippen molar-refractivity contribution in [2.75, 3.05) is 32.8 Å². The number of ether oxygens (including phenoxy) is 2. The van der Waals surface area contributed by atoms with Crippen molar-refractivity contribution in [3.8, 4) is 0 Å². The molecule has 0 saturated carbocycles. The highest BCUT2D eigenvalue weighted by Crippen LogP contribution is 2.24. The monoisotopic (exact) mass is 818 g/mol. The molecule has 3 atom stereocenters. The summed E-state index contributed by atoms with van der Waals surface area (Å²) in [7, 11) is 0. The van der Waals surface area contributed by atoms with E-state index in [-0.39, 0.29) is 11.9 Å². The van der Waals surface area contributed by atoms with Crippen molar-refractivity contribution in [2.24, 2.45) is 11.8 Å². The molecule has 0 aliphatic rings. The summed E-state index contributed by atoms with van der Waals surface area (Å²) in [5.74, 6) is 1.23. The first-order valence-corrected chi connectivity index (χ1v) is 25.1. The van der Waals surface area contributed by atoms with E-state index >= 15 is 0 Å². The van der Waals surface area contributed by atoms with Gasteiger partial charge in [-0.05, 0) is 76.3 Å². The molecule has 0 radical (unpaired) electrons. The van der Waals surface area contributed by atoms with Crippen LogP contribution in [-0.4, -0.2) is 70.4 Å². The fraction of sp³-hybridized carbons (Fsp3) is 0.900. The Labute approximate surface area is 358 Å². The molecule has 3 unspecified atom stereocenters. The van der Waals surface area contributed by atoms with Gasteiger partial charge in [0.2, 0.25) is 0 Å². The van der Waals surface area contributed by atoms with E-state index in [9.17, 15) is 14.7 Å². The van der Waals surface area contributed by atoms with Crippen LogP contribution in [0.1, 0.15) is 233 Å². The Kier molecular flexibility index (Phi) is 37.7. The molecule has 0 bridgehead atoms. The lowest BCUT2D eigenvalue weighted by Gasteiger charge is -2.25. The highest BCUT2D eigenvalue weighted by atomic mass is 16.5. The molecule has 0 amide bonds. The third-order valence-corrected chi connectivity index (χ3v) is 12.1. The highest BCUT2D eigenvalue weighted by Gasteiger charge is 2.15. The van der Waals surface area contributed by atoms with E-state index in [1.807, 2.05) is 18.7 Å². The Balaban J connectivity index is 2.33. The van der Waals surface area contributed by atoms with E-state index in [2.05, 4.69) is 42.1 Å². The van der Waals surface area contributed by atoms with Crippen LogP contribution in [-0.2, 0) is 25.6 Å². The van der Waals surface area contributed by atoms with Crippen molar-refractivity contribution < 1.29 is 24.2 Å². The van der Waals surface area contributed by atoms with Gasteiger partial charge in [-0.15, -0.1) is 0 Å². The minimum Gasteiger partial charge on any atom is -0.466 e. The third kappa shape index (κ3) is 33.9. The first kappa shape index (κ1) is 54.1. The van der Waals surface area contributed by atoms with Crippen molar-refractivity contribution >= 4 is 11.9 Å². The summed E-state index contributed by atoms with van der Waals surface area (Å²) in [5, 5.41) is 11.0. The minimum atomic E-state index is -0.392. The van der Waals surface area contributed by atoms with Gasteiger partial charge in [0, 0.05) is 38.3 Å². The summed E-state index contributed by atoms with van der Waals surface area (Å²) < 4.78 is 13.4. The molecular formula is C50H95N3O5. The molecular weight excluding hydrogens is 723 g/mol. The Morgan fingerprint density at radius 3 is 1.50 bits per heavy atom. The lowest BCUT2D eigenvalue weighted by Crippen LogP contribution is -2.34. The zero-order valence-corrected chi connectivity index (χ0v) is 38.8. The van der Waals surface area contributed by atoms with Crippen LogP contribution in [0.15, 0.2) is 18.7 Å². The number of hydrogen-bond donors (Lipinski definition) is 1. The second-order valence-electron chi connectivity index (χ2n) is 17.7. The number of aromatic nitrogens is 2. The predicted octanol–water partition coefficient (Wildman–Crippen LogP) is 13.4.